The van der Waals surface area contributed by atoms with Crippen molar-refractivity contribution in [1.29, 1.82) is 0 Å². The summed E-state index contributed by atoms with van der Waals surface area (Å²) in [5, 5.41) is 6.72. The van der Waals surface area contributed by atoms with Gasteiger partial charge in [0.25, 0.3) is 0 Å². The number of thioether (sulfide) groups is 1. The molecule has 2 heterocycles. The van der Waals surface area contributed by atoms with E-state index in [2.05, 4.69) is 41.7 Å². The average Bonchev–Trinajstić information content (AvgIpc) is 3.42. The van der Waals surface area contributed by atoms with Gasteiger partial charge in [0.1, 0.15) is 12.0 Å². The van der Waals surface area contributed by atoms with Crippen molar-refractivity contribution >= 4 is 35.0 Å². The molecule has 0 aliphatic carbocycles. The van der Waals surface area contributed by atoms with Gasteiger partial charge in [0.15, 0.2) is 0 Å². The molecule has 176 valence electrons. The summed E-state index contributed by atoms with van der Waals surface area (Å²) in [7, 11) is 0. The maximum atomic E-state index is 12.9. The molecule has 4 aromatic rings. The summed E-state index contributed by atoms with van der Waals surface area (Å²) in [6.07, 6.45) is -0.634. The molecule has 3 aromatic carbocycles. The fraction of sp³-hybridized carbons (Fsp3) is 0.172. The molecule has 1 fully saturated rings. The van der Waals surface area contributed by atoms with Gasteiger partial charge in [-0.15, -0.1) is 11.8 Å². The van der Waals surface area contributed by atoms with Crippen LogP contribution in [0, 0.1) is 5.92 Å². The summed E-state index contributed by atoms with van der Waals surface area (Å²) in [6, 6.07) is 33.0. The standard InChI is InChI=1S/C29H25NO3S2/c1-20(31)33-26(21-17-18-34-19-21)25-27(32)30-28(25)35-29(22-11-5-2-6-12-22,23-13-7-3-8-14-23)24-15-9-4-10-16-24/h2-19,25-26,28H,1H3,(H,30,32). The number of carbonyl (C=O) groups excluding carboxylic acids is 2. The Morgan fingerprint density at radius 3 is 1.80 bits per heavy atom. The molecule has 1 saturated heterocycles. The molecule has 5 rings (SSSR count). The number of benzene rings is 3. The quantitative estimate of drug-likeness (QED) is 0.179. The third kappa shape index (κ3) is 4.51. The van der Waals surface area contributed by atoms with Crippen LogP contribution in [0.4, 0.5) is 0 Å². The maximum absolute atomic E-state index is 12.9. The molecule has 0 saturated carbocycles. The van der Waals surface area contributed by atoms with Gasteiger partial charge in [0.05, 0.1) is 10.1 Å². The lowest BCUT2D eigenvalue weighted by Gasteiger charge is -2.46. The maximum Gasteiger partial charge on any atom is 0.303 e. The summed E-state index contributed by atoms with van der Waals surface area (Å²) < 4.78 is 5.14. The zero-order valence-corrected chi connectivity index (χ0v) is 20.8. The van der Waals surface area contributed by atoms with Gasteiger partial charge in [0, 0.05) is 12.5 Å². The van der Waals surface area contributed by atoms with Gasteiger partial charge in [0.2, 0.25) is 5.91 Å². The Balaban J connectivity index is 1.63. The Labute approximate surface area is 213 Å². The predicted octanol–water partition coefficient (Wildman–Crippen LogP) is 6.15. The van der Waals surface area contributed by atoms with Crippen molar-refractivity contribution in [3.63, 3.8) is 0 Å². The lowest BCUT2D eigenvalue weighted by atomic mass is 9.84. The van der Waals surface area contributed by atoms with Crippen molar-refractivity contribution in [2.45, 2.75) is 23.1 Å². The van der Waals surface area contributed by atoms with Crippen LogP contribution in [-0.2, 0) is 19.1 Å². The minimum atomic E-state index is -0.634. The number of hydrogen-bond donors (Lipinski definition) is 1. The lowest BCUT2D eigenvalue weighted by Crippen LogP contribution is -2.60. The molecule has 1 N–H and O–H groups in total. The molecule has 0 radical (unpaired) electrons. The van der Waals surface area contributed by atoms with Crippen molar-refractivity contribution in [2.24, 2.45) is 5.92 Å². The van der Waals surface area contributed by atoms with Crippen LogP contribution < -0.4 is 5.32 Å². The van der Waals surface area contributed by atoms with E-state index < -0.39 is 22.7 Å². The summed E-state index contributed by atoms with van der Waals surface area (Å²) >= 11 is 3.21. The molecule has 1 aliphatic rings. The number of amides is 1. The van der Waals surface area contributed by atoms with E-state index in [-0.39, 0.29) is 11.3 Å². The van der Waals surface area contributed by atoms with Crippen LogP contribution in [0.5, 0.6) is 0 Å². The summed E-state index contributed by atoms with van der Waals surface area (Å²) in [5.41, 5.74) is 4.19. The van der Waals surface area contributed by atoms with Crippen LogP contribution in [0.25, 0.3) is 0 Å². The van der Waals surface area contributed by atoms with Crippen molar-refractivity contribution < 1.29 is 14.3 Å². The van der Waals surface area contributed by atoms with Gasteiger partial charge in [-0.05, 0) is 33.5 Å². The first-order chi connectivity index (χ1) is 17.1. The molecular weight excluding hydrogens is 474 g/mol. The summed E-state index contributed by atoms with van der Waals surface area (Å²) in [4.78, 5) is 24.9. The highest BCUT2D eigenvalue weighted by molar-refractivity contribution is 8.01. The molecule has 35 heavy (non-hydrogen) atoms. The molecular formula is C29H25NO3S2. The highest BCUT2D eigenvalue weighted by Crippen LogP contribution is 2.53. The number of thiophene rings is 1. The first-order valence-electron chi connectivity index (χ1n) is 11.4. The number of carbonyl (C=O) groups is 2. The van der Waals surface area contributed by atoms with Crippen LogP contribution in [0.3, 0.4) is 0 Å². The Morgan fingerprint density at radius 1 is 0.886 bits per heavy atom. The van der Waals surface area contributed by atoms with Crippen molar-refractivity contribution in [1.82, 2.24) is 5.32 Å². The molecule has 1 aliphatic heterocycles. The molecule has 0 spiro atoms. The minimum Gasteiger partial charge on any atom is -0.457 e. The van der Waals surface area contributed by atoms with Gasteiger partial charge in [-0.25, -0.2) is 0 Å². The zero-order chi connectivity index (χ0) is 24.3. The van der Waals surface area contributed by atoms with Gasteiger partial charge in [-0.3, -0.25) is 9.59 Å². The monoisotopic (exact) mass is 499 g/mol. The fourth-order valence-electron chi connectivity index (χ4n) is 4.64. The molecule has 4 nitrogen and oxygen atoms in total. The second-order valence-corrected chi connectivity index (χ2v) is 10.6. The highest BCUT2D eigenvalue weighted by atomic mass is 32.2. The fourth-order valence-corrected chi connectivity index (χ4v) is 7.11. The van der Waals surface area contributed by atoms with Crippen molar-refractivity contribution in [3.8, 4) is 0 Å². The molecule has 3 atom stereocenters. The largest absolute Gasteiger partial charge is 0.457 e. The van der Waals surface area contributed by atoms with Crippen LogP contribution in [0.2, 0.25) is 0 Å². The average molecular weight is 500 g/mol. The van der Waals surface area contributed by atoms with E-state index in [9.17, 15) is 9.59 Å². The first-order valence-corrected chi connectivity index (χ1v) is 13.3. The highest BCUT2D eigenvalue weighted by Gasteiger charge is 2.52. The Hall–Kier alpha value is -3.35. The first kappa shape index (κ1) is 23.4. The van der Waals surface area contributed by atoms with Crippen molar-refractivity contribution in [2.75, 3.05) is 0 Å². The predicted molar refractivity (Wildman–Crippen MR) is 141 cm³/mol. The SMILES string of the molecule is CC(=O)OC(c1ccsc1)C1C(=O)NC1SC(c1ccccc1)(c1ccccc1)c1ccccc1. The van der Waals surface area contributed by atoms with Crippen LogP contribution >= 0.6 is 23.1 Å². The lowest BCUT2D eigenvalue weighted by molar-refractivity contribution is -0.156. The second-order valence-electron chi connectivity index (χ2n) is 8.44. The van der Waals surface area contributed by atoms with E-state index in [1.165, 1.54) is 18.3 Å². The zero-order valence-electron chi connectivity index (χ0n) is 19.2. The number of ether oxygens (including phenoxy) is 1. The third-order valence-electron chi connectivity index (χ3n) is 6.25. The molecule has 1 amide bonds. The normalized spacial score (nSPS) is 18.3. The smallest absolute Gasteiger partial charge is 0.303 e. The van der Waals surface area contributed by atoms with E-state index in [4.69, 9.17) is 4.74 Å². The number of β-lactam (4-membered cyclic amide) rings is 1. The number of esters is 1. The molecule has 1 aromatic heterocycles. The van der Waals surface area contributed by atoms with Gasteiger partial charge < -0.3 is 10.1 Å². The number of hydrogen-bond acceptors (Lipinski definition) is 5. The van der Waals surface area contributed by atoms with Crippen LogP contribution in [0.1, 0.15) is 35.3 Å². The number of nitrogens with one attached hydrogen (secondary N) is 1. The van der Waals surface area contributed by atoms with Crippen LogP contribution in [0.15, 0.2) is 108 Å². The molecule has 3 unspecified atom stereocenters. The molecule has 6 heteroatoms. The van der Waals surface area contributed by atoms with E-state index in [1.807, 2.05) is 71.4 Å². The van der Waals surface area contributed by atoms with Gasteiger partial charge >= 0.3 is 5.97 Å². The minimum absolute atomic E-state index is 0.108. The Bertz CT molecular complexity index is 1180. The van der Waals surface area contributed by atoms with Gasteiger partial charge in [-0.1, -0.05) is 91.0 Å². The van der Waals surface area contributed by atoms with E-state index in [0.717, 1.165) is 22.3 Å². The third-order valence-corrected chi connectivity index (χ3v) is 8.68. The van der Waals surface area contributed by atoms with Crippen molar-refractivity contribution in [3.05, 3.63) is 130 Å². The Morgan fingerprint density at radius 2 is 1.40 bits per heavy atom. The Kier molecular flexibility index (Phi) is 6.75. The van der Waals surface area contributed by atoms with Crippen LogP contribution in [-0.4, -0.2) is 17.3 Å². The molecule has 0 bridgehead atoms. The van der Waals surface area contributed by atoms with E-state index >= 15 is 0 Å². The van der Waals surface area contributed by atoms with E-state index in [1.54, 1.807) is 11.8 Å². The summed E-state index contributed by atoms with van der Waals surface area (Å²) in [5.74, 6) is -1.01. The second kappa shape index (κ2) is 10.1. The van der Waals surface area contributed by atoms with Gasteiger partial charge in [-0.2, -0.15) is 11.3 Å². The topological polar surface area (TPSA) is 55.4 Å². The number of rotatable bonds is 8. The summed E-state index contributed by atoms with van der Waals surface area (Å²) in [6.45, 7) is 1.39. The van der Waals surface area contributed by atoms with E-state index in [0.29, 0.717) is 0 Å².